The monoisotopic (exact) mass is 508 g/mol. The van der Waals surface area contributed by atoms with Crippen molar-refractivity contribution < 1.29 is 23.8 Å². The van der Waals surface area contributed by atoms with Gasteiger partial charge in [0.1, 0.15) is 17.2 Å². The number of benzene rings is 4. The number of ether oxygens (including phenoxy) is 3. The lowest BCUT2D eigenvalue weighted by atomic mass is 10.1. The third-order valence-corrected chi connectivity index (χ3v) is 5.39. The number of hydrazone groups is 1. The van der Waals surface area contributed by atoms with Gasteiger partial charge in [-0.1, -0.05) is 49.4 Å². The number of nitrogens with zero attached hydrogens (tertiary/aromatic N) is 1. The molecule has 192 valence electrons. The van der Waals surface area contributed by atoms with Crippen molar-refractivity contribution in [1.82, 2.24) is 5.43 Å². The largest absolute Gasteiger partial charge is 0.494 e. The van der Waals surface area contributed by atoms with Crippen molar-refractivity contribution in [2.45, 2.75) is 13.3 Å². The van der Waals surface area contributed by atoms with Crippen LogP contribution in [0.3, 0.4) is 0 Å². The summed E-state index contributed by atoms with van der Waals surface area (Å²) in [6, 6.07) is 31.1. The molecule has 4 aromatic rings. The Morgan fingerprint density at radius 2 is 1.34 bits per heavy atom. The maximum Gasteiger partial charge on any atom is 0.343 e. The van der Waals surface area contributed by atoms with E-state index < -0.39 is 5.97 Å². The standard InChI is InChI=1S/C31H28N2O5/c1-2-20-36-27-18-12-26(13-19-27)31(35)38-29-14-8-23(9-15-29)21-32-33-30(34)22-37-28-16-10-25(11-17-28)24-6-4-3-5-7-24/h3-19,21H,2,20,22H2,1H3,(H,33,34)/b32-21+. The number of hydrogen-bond acceptors (Lipinski definition) is 6. The second kappa shape index (κ2) is 13.4. The third kappa shape index (κ3) is 7.80. The van der Waals surface area contributed by atoms with Crippen molar-refractivity contribution in [2.75, 3.05) is 13.2 Å². The van der Waals surface area contributed by atoms with Crippen molar-refractivity contribution in [3.63, 3.8) is 0 Å². The highest BCUT2D eigenvalue weighted by molar-refractivity contribution is 5.91. The Morgan fingerprint density at radius 3 is 2.03 bits per heavy atom. The maximum absolute atomic E-state index is 12.4. The molecular weight excluding hydrogens is 480 g/mol. The van der Waals surface area contributed by atoms with Gasteiger partial charge in [0.25, 0.3) is 5.91 Å². The summed E-state index contributed by atoms with van der Waals surface area (Å²) in [4.78, 5) is 24.4. The predicted octanol–water partition coefficient (Wildman–Crippen LogP) is 5.89. The van der Waals surface area contributed by atoms with E-state index in [2.05, 4.69) is 10.5 Å². The molecule has 0 radical (unpaired) electrons. The van der Waals surface area contributed by atoms with E-state index in [9.17, 15) is 9.59 Å². The van der Waals surface area contributed by atoms with Crippen LogP contribution < -0.4 is 19.6 Å². The molecule has 0 spiro atoms. The second-order valence-corrected chi connectivity index (χ2v) is 8.30. The van der Waals surface area contributed by atoms with Crippen LogP contribution in [0.1, 0.15) is 29.3 Å². The minimum atomic E-state index is -0.463. The zero-order chi connectivity index (χ0) is 26.6. The van der Waals surface area contributed by atoms with Gasteiger partial charge in [0.2, 0.25) is 0 Å². The van der Waals surface area contributed by atoms with Crippen LogP contribution in [-0.2, 0) is 4.79 Å². The van der Waals surface area contributed by atoms with Gasteiger partial charge in [-0.2, -0.15) is 5.10 Å². The highest BCUT2D eigenvalue weighted by Gasteiger charge is 2.09. The molecule has 0 aliphatic heterocycles. The minimum Gasteiger partial charge on any atom is -0.494 e. The molecule has 0 aliphatic rings. The Morgan fingerprint density at radius 1 is 0.737 bits per heavy atom. The molecule has 0 saturated heterocycles. The first-order valence-electron chi connectivity index (χ1n) is 12.3. The Hall–Kier alpha value is -4.91. The van der Waals surface area contributed by atoms with E-state index in [4.69, 9.17) is 14.2 Å². The summed E-state index contributed by atoms with van der Waals surface area (Å²) in [6.07, 6.45) is 2.41. The summed E-state index contributed by atoms with van der Waals surface area (Å²) < 4.78 is 16.5. The lowest BCUT2D eigenvalue weighted by molar-refractivity contribution is -0.123. The van der Waals surface area contributed by atoms with Crippen LogP contribution in [0.4, 0.5) is 0 Å². The number of amides is 1. The van der Waals surface area contributed by atoms with Crippen LogP contribution in [0.15, 0.2) is 108 Å². The highest BCUT2D eigenvalue weighted by atomic mass is 16.5. The molecule has 1 amide bonds. The summed E-state index contributed by atoms with van der Waals surface area (Å²) in [5.41, 5.74) is 5.76. The number of carbonyl (C=O) groups excluding carboxylic acids is 2. The van der Waals surface area contributed by atoms with E-state index in [1.807, 2.05) is 61.5 Å². The van der Waals surface area contributed by atoms with Crippen LogP contribution in [0.2, 0.25) is 0 Å². The highest BCUT2D eigenvalue weighted by Crippen LogP contribution is 2.22. The summed E-state index contributed by atoms with van der Waals surface area (Å²) >= 11 is 0. The first-order chi connectivity index (χ1) is 18.6. The first kappa shape index (κ1) is 26.2. The van der Waals surface area contributed by atoms with Crippen molar-refractivity contribution in [2.24, 2.45) is 5.10 Å². The van der Waals surface area contributed by atoms with Gasteiger partial charge in [-0.15, -0.1) is 0 Å². The molecule has 0 saturated carbocycles. The molecular formula is C31H28N2O5. The topological polar surface area (TPSA) is 86.2 Å². The van der Waals surface area contributed by atoms with Gasteiger partial charge in [0.15, 0.2) is 6.61 Å². The van der Waals surface area contributed by atoms with Crippen LogP contribution in [0.5, 0.6) is 17.2 Å². The Kier molecular flexibility index (Phi) is 9.23. The average molecular weight is 509 g/mol. The van der Waals surface area contributed by atoms with Gasteiger partial charge >= 0.3 is 5.97 Å². The van der Waals surface area contributed by atoms with E-state index in [1.54, 1.807) is 48.5 Å². The van der Waals surface area contributed by atoms with E-state index >= 15 is 0 Å². The van der Waals surface area contributed by atoms with Gasteiger partial charge in [-0.05, 0) is 83.8 Å². The van der Waals surface area contributed by atoms with Crippen LogP contribution in [0.25, 0.3) is 11.1 Å². The first-order valence-corrected chi connectivity index (χ1v) is 12.3. The fourth-order valence-corrected chi connectivity index (χ4v) is 3.43. The van der Waals surface area contributed by atoms with Gasteiger partial charge in [0, 0.05) is 0 Å². The lowest BCUT2D eigenvalue weighted by Gasteiger charge is -2.07. The fraction of sp³-hybridized carbons (Fsp3) is 0.129. The van der Waals surface area contributed by atoms with Crippen LogP contribution in [0, 0.1) is 0 Å². The molecule has 7 heteroatoms. The van der Waals surface area contributed by atoms with Crippen molar-refractivity contribution in [3.05, 3.63) is 114 Å². The van der Waals surface area contributed by atoms with Crippen molar-refractivity contribution >= 4 is 18.1 Å². The molecule has 38 heavy (non-hydrogen) atoms. The molecule has 0 unspecified atom stereocenters. The number of hydrogen-bond donors (Lipinski definition) is 1. The number of nitrogens with one attached hydrogen (secondary N) is 1. The zero-order valence-corrected chi connectivity index (χ0v) is 21.0. The molecule has 4 aromatic carbocycles. The molecule has 4 rings (SSSR count). The lowest BCUT2D eigenvalue weighted by Crippen LogP contribution is -2.24. The van der Waals surface area contributed by atoms with Crippen LogP contribution >= 0.6 is 0 Å². The number of rotatable bonds is 11. The smallest absolute Gasteiger partial charge is 0.343 e. The molecule has 0 bridgehead atoms. The molecule has 0 aliphatic carbocycles. The third-order valence-electron chi connectivity index (χ3n) is 5.39. The van der Waals surface area contributed by atoms with Gasteiger partial charge in [-0.3, -0.25) is 4.79 Å². The van der Waals surface area contributed by atoms with Crippen LogP contribution in [-0.4, -0.2) is 31.3 Å². The Bertz CT molecular complexity index is 1350. The average Bonchev–Trinajstić information content (AvgIpc) is 2.97. The van der Waals surface area contributed by atoms with Gasteiger partial charge in [-0.25, -0.2) is 10.2 Å². The van der Waals surface area contributed by atoms with E-state index in [-0.39, 0.29) is 12.5 Å². The van der Waals surface area contributed by atoms with E-state index in [0.29, 0.717) is 29.4 Å². The Balaban J connectivity index is 1.20. The SMILES string of the molecule is CCCOc1ccc(C(=O)Oc2ccc(/C=N/NC(=O)COc3ccc(-c4ccccc4)cc3)cc2)cc1. The molecule has 0 aromatic heterocycles. The summed E-state index contributed by atoms with van der Waals surface area (Å²) in [6.45, 7) is 2.49. The summed E-state index contributed by atoms with van der Waals surface area (Å²) in [7, 11) is 0. The van der Waals surface area contributed by atoms with Gasteiger partial charge < -0.3 is 14.2 Å². The quantitative estimate of drug-likeness (QED) is 0.118. The normalized spacial score (nSPS) is 10.7. The fourth-order valence-electron chi connectivity index (χ4n) is 3.43. The maximum atomic E-state index is 12.4. The predicted molar refractivity (Wildman–Crippen MR) is 147 cm³/mol. The van der Waals surface area contributed by atoms with E-state index in [0.717, 1.165) is 23.1 Å². The van der Waals surface area contributed by atoms with E-state index in [1.165, 1.54) is 6.21 Å². The van der Waals surface area contributed by atoms with Crippen molar-refractivity contribution in [3.8, 4) is 28.4 Å². The molecule has 0 fully saturated rings. The van der Waals surface area contributed by atoms with Crippen molar-refractivity contribution in [1.29, 1.82) is 0 Å². The molecule has 1 N–H and O–H groups in total. The summed E-state index contributed by atoms with van der Waals surface area (Å²) in [5.74, 6) is 0.854. The zero-order valence-electron chi connectivity index (χ0n) is 21.0. The molecule has 7 nitrogen and oxygen atoms in total. The summed E-state index contributed by atoms with van der Waals surface area (Å²) in [5, 5.41) is 3.95. The molecule has 0 heterocycles. The van der Waals surface area contributed by atoms with Gasteiger partial charge in [0.05, 0.1) is 18.4 Å². The number of carbonyl (C=O) groups is 2. The number of esters is 1. The second-order valence-electron chi connectivity index (χ2n) is 8.30. The Labute approximate surface area is 221 Å². The minimum absolute atomic E-state index is 0.164. The molecule has 0 atom stereocenters.